The first-order chi connectivity index (χ1) is 9.86. The number of aliphatic hydroxyl groups excluding tert-OH is 1. The normalized spacial score (nSPS) is 12.0. The summed E-state index contributed by atoms with van der Waals surface area (Å²) in [5.41, 5.74) is 1.40. The number of anilines is 1. The molecule has 0 saturated heterocycles. The number of aryl methyl sites for hydroxylation is 1. The van der Waals surface area contributed by atoms with Gasteiger partial charge in [-0.3, -0.25) is 4.79 Å². The van der Waals surface area contributed by atoms with E-state index in [9.17, 15) is 15.0 Å². The lowest BCUT2D eigenvalue weighted by Crippen LogP contribution is -2.20. The van der Waals surface area contributed by atoms with E-state index in [4.69, 9.17) is 23.2 Å². The molecule has 1 atom stereocenters. The number of halogens is 2. The average Bonchev–Trinajstić information content (AvgIpc) is 2.41. The second-order valence-corrected chi connectivity index (χ2v) is 5.47. The zero-order chi connectivity index (χ0) is 15.6. The van der Waals surface area contributed by atoms with Crippen LogP contribution < -0.4 is 5.32 Å². The van der Waals surface area contributed by atoms with Gasteiger partial charge in [-0.05, 0) is 54.4 Å². The van der Waals surface area contributed by atoms with Crippen molar-refractivity contribution < 1.29 is 15.0 Å². The summed E-state index contributed by atoms with van der Waals surface area (Å²) < 4.78 is 0. The molecular weight excluding hydrogens is 313 g/mol. The zero-order valence-electron chi connectivity index (χ0n) is 11.1. The van der Waals surface area contributed by atoms with Crippen LogP contribution in [0.5, 0.6) is 5.75 Å². The first-order valence-corrected chi connectivity index (χ1v) is 6.87. The molecule has 110 valence electrons. The predicted molar refractivity (Wildman–Crippen MR) is 82.9 cm³/mol. The Morgan fingerprint density at radius 1 is 1.14 bits per heavy atom. The number of hydrogen-bond donors (Lipinski definition) is 3. The Morgan fingerprint density at radius 2 is 1.76 bits per heavy atom. The Bertz CT molecular complexity index is 668. The summed E-state index contributed by atoms with van der Waals surface area (Å²) in [5, 5.41) is 22.7. The minimum absolute atomic E-state index is 0.134. The number of hydrogen-bond acceptors (Lipinski definition) is 3. The van der Waals surface area contributed by atoms with Crippen molar-refractivity contribution in [3.63, 3.8) is 0 Å². The van der Waals surface area contributed by atoms with Crippen molar-refractivity contribution in [2.24, 2.45) is 0 Å². The van der Waals surface area contributed by atoms with Crippen molar-refractivity contribution in [3.8, 4) is 5.75 Å². The van der Waals surface area contributed by atoms with Gasteiger partial charge in [0.25, 0.3) is 5.91 Å². The van der Waals surface area contributed by atoms with Gasteiger partial charge in [0.05, 0.1) is 0 Å². The predicted octanol–water partition coefficient (Wildman–Crippen LogP) is 3.68. The number of benzene rings is 2. The van der Waals surface area contributed by atoms with Crippen LogP contribution in [-0.4, -0.2) is 16.1 Å². The second kappa shape index (κ2) is 6.35. The number of phenolic OH excluding ortho intramolecular Hbond substituents is 1. The van der Waals surface area contributed by atoms with Gasteiger partial charge >= 0.3 is 0 Å². The van der Waals surface area contributed by atoms with Crippen LogP contribution in [0.25, 0.3) is 0 Å². The van der Waals surface area contributed by atoms with Crippen LogP contribution in [-0.2, 0) is 4.79 Å². The molecule has 0 heterocycles. The highest BCUT2D eigenvalue weighted by Gasteiger charge is 2.18. The third-order valence-electron chi connectivity index (χ3n) is 2.91. The summed E-state index contributed by atoms with van der Waals surface area (Å²) >= 11 is 11.7. The van der Waals surface area contributed by atoms with Gasteiger partial charge in [0.15, 0.2) is 6.10 Å². The quantitative estimate of drug-likeness (QED) is 0.754. The van der Waals surface area contributed by atoms with Crippen molar-refractivity contribution in [3.05, 3.63) is 57.6 Å². The molecule has 3 N–H and O–H groups in total. The molecular formula is C15H13Cl2NO3. The van der Waals surface area contributed by atoms with E-state index in [1.165, 1.54) is 30.3 Å². The summed E-state index contributed by atoms with van der Waals surface area (Å²) in [5.74, 6) is -0.478. The van der Waals surface area contributed by atoms with Gasteiger partial charge in [-0.2, -0.15) is 0 Å². The van der Waals surface area contributed by atoms with Crippen molar-refractivity contribution in [1.82, 2.24) is 0 Å². The molecule has 2 rings (SSSR count). The van der Waals surface area contributed by atoms with Gasteiger partial charge in [0.2, 0.25) is 0 Å². The van der Waals surface area contributed by atoms with Gasteiger partial charge in [-0.15, -0.1) is 0 Å². The van der Waals surface area contributed by atoms with E-state index in [0.29, 0.717) is 26.9 Å². The van der Waals surface area contributed by atoms with Gasteiger partial charge in [-0.25, -0.2) is 0 Å². The number of aliphatic hydroxyl groups is 1. The van der Waals surface area contributed by atoms with E-state index in [1.807, 2.05) is 0 Å². The van der Waals surface area contributed by atoms with E-state index in [-0.39, 0.29) is 5.75 Å². The highest BCUT2D eigenvalue weighted by Crippen LogP contribution is 2.25. The molecule has 0 aromatic heterocycles. The third-order valence-corrected chi connectivity index (χ3v) is 3.35. The van der Waals surface area contributed by atoms with Gasteiger partial charge in [-0.1, -0.05) is 23.2 Å². The Labute approximate surface area is 131 Å². The topological polar surface area (TPSA) is 69.6 Å². The van der Waals surface area contributed by atoms with Crippen molar-refractivity contribution in [1.29, 1.82) is 0 Å². The number of carbonyl (C=O) groups is 1. The van der Waals surface area contributed by atoms with Gasteiger partial charge < -0.3 is 15.5 Å². The molecule has 21 heavy (non-hydrogen) atoms. The number of nitrogens with one attached hydrogen (secondary N) is 1. The molecule has 2 aromatic carbocycles. The highest BCUT2D eigenvalue weighted by molar-refractivity contribution is 6.34. The monoisotopic (exact) mass is 325 g/mol. The molecule has 4 nitrogen and oxygen atoms in total. The minimum atomic E-state index is -1.39. The lowest BCUT2D eigenvalue weighted by Gasteiger charge is -2.13. The molecule has 1 amide bonds. The molecule has 0 fully saturated rings. The Hall–Kier alpha value is -1.75. The molecule has 0 spiro atoms. The summed E-state index contributed by atoms with van der Waals surface area (Å²) in [6.45, 7) is 1.71. The fourth-order valence-corrected chi connectivity index (χ4v) is 2.37. The van der Waals surface area contributed by atoms with Gasteiger partial charge in [0, 0.05) is 15.7 Å². The number of carbonyl (C=O) groups excluding carboxylic acids is 1. The van der Waals surface area contributed by atoms with E-state index >= 15 is 0 Å². The van der Waals surface area contributed by atoms with Gasteiger partial charge in [0.1, 0.15) is 5.75 Å². The van der Waals surface area contributed by atoms with Crippen molar-refractivity contribution in [2.75, 3.05) is 5.32 Å². The lowest BCUT2D eigenvalue weighted by atomic mass is 10.1. The maximum atomic E-state index is 12.0. The molecule has 1 unspecified atom stereocenters. The molecule has 0 aliphatic rings. The smallest absolute Gasteiger partial charge is 0.257 e. The van der Waals surface area contributed by atoms with E-state index < -0.39 is 12.0 Å². The van der Waals surface area contributed by atoms with Crippen LogP contribution in [0.2, 0.25) is 10.0 Å². The molecule has 0 aliphatic heterocycles. The first-order valence-electron chi connectivity index (χ1n) is 6.11. The summed E-state index contributed by atoms with van der Waals surface area (Å²) in [4.78, 5) is 12.0. The van der Waals surface area contributed by atoms with E-state index in [1.54, 1.807) is 13.0 Å². The Balaban J connectivity index is 2.17. The van der Waals surface area contributed by atoms with Crippen LogP contribution in [0.1, 0.15) is 17.2 Å². The molecule has 0 saturated carbocycles. The minimum Gasteiger partial charge on any atom is -0.508 e. The summed E-state index contributed by atoms with van der Waals surface area (Å²) in [6, 6.07) is 9.07. The van der Waals surface area contributed by atoms with E-state index in [2.05, 4.69) is 5.32 Å². The van der Waals surface area contributed by atoms with Crippen LogP contribution in [0.4, 0.5) is 5.69 Å². The summed E-state index contributed by atoms with van der Waals surface area (Å²) in [7, 11) is 0. The van der Waals surface area contributed by atoms with Crippen molar-refractivity contribution in [2.45, 2.75) is 13.0 Å². The number of phenols is 1. The average molecular weight is 326 g/mol. The highest BCUT2D eigenvalue weighted by atomic mass is 35.5. The fourth-order valence-electron chi connectivity index (χ4n) is 1.83. The van der Waals surface area contributed by atoms with Crippen LogP contribution >= 0.6 is 23.2 Å². The fraction of sp³-hybridized carbons (Fsp3) is 0.133. The zero-order valence-corrected chi connectivity index (χ0v) is 12.6. The van der Waals surface area contributed by atoms with E-state index in [0.717, 1.165) is 0 Å². The molecule has 6 heteroatoms. The molecule has 0 aliphatic carbocycles. The number of amides is 1. The largest absolute Gasteiger partial charge is 0.508 e. The SMILES string of the molecule is Cc1cc(NC(=O)C(O)c2cc(Cl)cc(Cl)c2)ccc1O. The molecule has 0 radical (unpaired) electrons. The van der Waals surface area contributed by atoms with Crippen LogP contribution in [0.3, 0.4) is 0 Å². The second-order valence-electron chi connectivity index (χ2n) is 4.60. The maximum Gasteiger partial charge on any atom is 0.257 e. The third kappa shape index (κ3) is 3.88. The lowest BCUT2D eigenvalue weighted by molar-refractivity contribution is -0.124. The van der Waals surface area contributed by atoms with Crippen LogP contribution in [0, 0.1) is 6.92 Å². The Kier molecular flexibility index (Phi) is 4.73. The standard InChI is InChI=1S/C15H13Cl2NO3/c1-8-4-12(2-3-13(8)19)18-15(21)14(20)9-5-10(16)7-11(17)6-9/h2-7,14,19-20H,1H3,(H,18,21). The molecule has 0 bridgehead atoms. The maximum absolute atomic E-state index is 12.0. The Morgan fingerprint density at radius 3 is 2.33 bits per heavy atom. The van der Waals surface area contributed by atoms with Crippen molar-refractivity contribution >= 4 is 34.8 Å². The van der Waals surface area contributed by atoms with Crippen LogP contribution in [0.15, 0.2) is 36.4 Å². The number of rotatable bonds is 3. The first kappa shape index (κ1) is 15.6. The number of aromatic hydroxyl groups is 1. The molecule has 2 aromatic rings. The summed E-state index contributed by atoms with van der Waals surface area (Å²) in [6.07, 6.45) is -1.39.